The molecular weight excluding hydrogens is 372 g/mol. The van der Waals surface area contributed by atoms with E-state index in [9.17, 15) is 4.79 Å². The molecule has 0 spiro atoms. The molecule has 5 rings (SSSR count). The number of aromatic nitrogens is 5. The Bertz CT molecular complexity index is 980. The molecule has 1 saturated heterocycles. The molecule has 29 heavy (non-hydrogen) atoms. The number of amides is 2. The molecule has 3 heterocycles. The van der Waals surface area contributed by atoms with Crippen LogP contribution < -0.4 is 5.32 Å². The number of likely N-dealkylation sites (N-methyl/N-ethyl adjacent to an activating group) is 1. The highest BCUT2D eigenvalue weighted by Crippen LogP contribution is 2.38. The van der Waals surface area contributed by atoms with E-state index in [2.05, 4.69) is 30.6 Å². The van der Waals surface area contributed by atoms with Gasteiger partial charge in [-0.1, -0.05) is 5.16 Å². The SMILES string of the molecule is CN1CCN(C(=O)Nc2ccc(-n3nccn3)cc2)CC1c1nc(C2CC2)no1. The third kappa shape index (κ3) is 3.70. The molecule has 3 aromatic rings. The molecule has 150 valence electrons. The van der Waals surface area contributed by atoms with Crippen LogP contribution in [0.3, 0.4) is 0 Å². The summed E-state index contributed by atoms with van der Waals surface area (Å²) in [6.45, 7) is 1.88. The normalized spacial score (nSPS) is 20.0. The number of hydrogen-bond acceptors (Lipinski definition) is 7. The van der Waals surface area contributed by atoms with Crippen molar-refractivity contribution in [3.8, 4) is 5.69 Å². The summed E-state index contributed by atoms with van der Waals surface area (Å²) in [7, 11) is 2.02. The van der Waals surface area contributed by atoms with Crippen LogP contribution >= 0.6 is 0 Å². The van der Waals surface area contributed by atoms with Crippen molar-refractivity contribution in [2.45, 2.75) is 24.8 Å². The van der Waals surface area contributed by atoms with E-state index in [0.29, 0.717) is 24.9 Å². The van der Waals surface area contributed by atoms with Gasteiger partial charge in [0.15, 0.2) is 5.82 Å². The molecule has 2 aliphatic rings. The largest absolute Gasteiger partial charge is 0.338 e. The quantitative estimate of drug-likeness (QED) is 0.722. The van der Waals surface area contributed by atoms with Crippen molar-refractivity contribution in [1.29, 1.82) is 0 Å². The van der Waals surface area contributed by atoms with E-state index >= 15 is 0 Å². The molecule has 1 atom stereocenters. The van der Waals surface area contributed by atoms with E-state index in [0.717, 1.165) is 36.6 Å². The fourth-order valence-electron chi connectivity index (χ4n) is 3.44. The Hall–Kier alpha value is -3.27. The average Bonchev–Trinajstić information content (AvgIpc) is 3.23. The van der Waals surface area contributed by atoms with E-state index in [1.54, 1.807) is 17.3 Å². The summed E-state index contributed by atoms with van der Waals surface area (Å²) in [6.07, 6.45) is 5.50. The van der Waals surface area contributed by atoms with Gasteiger partial charge in [-0.2, -0.15) is 20.0 Å². The van der Waals surface area contributed by atoms with Gasteiger partial charge in [0.2, 0.25) is 5.89 Å². The first-order valence-corrected chi connectivity index (χ1v) is 9.74. The Morgan fingerprint density at radius 1 is 1.14 bits per heavy atom. The summed E-state index contributed by atoms with van der Waals surface area (Å²) in [6, 6.07) is 7.16. The van der Waals surface area contributed by atoms with Crippen LogP contribution in [-0.2, 0) is 0 Å². The second kappa shape index (κ2) is 7.28. The number of piperazine rings is 1. The number of nitrogens with one attached hydrogen (secondary N) is 1. The predicted octanol–water partition coefficient (Wildman–Crippen LogP) is 2.05. The molecule has 0 bridgehead atoms. The smallest absolute Gasteiger partial charge is 0.321 e. The molecule has 1 N–H and O–H groups in total. The second-order valence-electron chi connectivity index (χ2n) is 7.50. The average molecular weight is 394 g/mol. The van der Waals surface area contributed by atoms with Crippen molar-refractivity contribution in [2.24, 2.45) is 0 Å². The molecule has 10 nitrogen and oxygen atoms in total. The molecule has 2 fully saturated rings. The highest BCUT2D eigenvalue weighted by Gasteiger charge is 2.35. The minimum atomic E-state index is -0.144. The maximum absolute atomic E-state index is 12.8. The molecule has 1 aliphatic carbocycles. The van der Waals surface area contributed by atoms with Crippen molar-refractivity contribution in [2.75, 3.05) is 32.0 Å². The lowest BCUT2D eigenvalue weighted by Gasteiger charge is -2.37. The lowest BCUT2D eigenvalue weighted by atomic mass is 10.2. The van der Waals surface area contributed by atoms with E-state index < -0.39 is 0 Å². The monoisotopic (exact) mass is 394 g/mol. The van der Waals surface area contributed by atoms with Gasteiger partial charge in [-0.05, 0) is 44.2 Å². The highest BCUT2D eigenvalue weighted by molar-refractivity contribution is 5.89. The number of anilines is 1. The maximum Gasteiger partial charge on any atom is 0.321 e. The third-order valence-corrected chi connectivity index (χ3v) is 5.39. The number of benzene rings is 1. The topological polar surface area (TPSA) is 105 Å². The fraction of sp³-hybridized carbons (Fsp3) is 0.421. The van der Waals surface area contributed by atoms with Crippen LogP contribution in [0.15, 0.2) is 41.2 Å². The van der Waals surface area contributed by atoms with Crippen molar-refractivity contribution >= 4 is 11.7 Å². The zero-order valence-electron chi connectivity index (χ0n) is 16.1. The zero-order chi connectivity index (χ0) is 19.8. The second-order valence-corrected chi connectivity index (χ2v) is 7.50. The molecular formula is C19H22N8O2. The van der Waals surface area contributed by atoms with Gasteiger partial charge >= 0.3 is 6.03 Å². The fourth-order valence-corrected chi connectivity index (χ4v) is 3.44. The number of nitrogens with zero attached hydrogens (tertiary/aromatic N) is 7. The summed E-state index contributed by atoms with van der Waals surface area (Å²) in [5.74, 6) is 1.82. The van der Waals surface area contributed by atoms with Gasteiger partial charge in [-0.25, -0.2) is 4.79 Å². The van der Waals surface area contributed by atoms with Gasteiger partial charge in [0.05, 0.1) is 18.1 Å². The Morgan fingerprint density at radius 2 is 1.90 bits per heavy atom. The summed E-state index contributed by atoms with van der Waals surface area (Å²) < 4.78 is 5.50. The standard InChI is InChI=1S/C19H22N8O2/c1-25-10-11-26(12-16(25)18-23-17(24-29-18)13-2-3-13)19(28)22-14-4-6-15(7-5-14)27-20-8-9-21-27/h4-9,13,16H,2-3,10-12H2,1H3,(H,22,28). The van der Waals surface area contributed by atoms with Gasteiger partial charge in [0.1, 0.15) is 6.04 Å². The summed E-state index contributed by atoms with van der Waals surface area (Å²) in [5, 5.41) is 15.3. The van der Waals surface area contributed by atoms with Crippen molar-refractivity contribution in [3.05, 3.63) is 48.4 Å². The van der Waals surface area contributed by atoms with Crippen LogP contribution in [0.25, 0.3) is 5.69 Å². The molecule has 1 saturated carbocycles. The van der Waals surface area contributed by atoms with Crippen LogP contribution in [0.4, 0.5) is 10.5 Å². The van der Waals surface area contributed by atoms with Crippen LogP contribution in [-0.4, -0.2) is 67.6 Å². The lowest BCUT2D eigenvalue weighted by Crippen LogP contribution is -2.50. The van der Waals surface area contributed by atoms with Gasteiger partial charge in [0, 0.05) is 31.2 Å². The van der Waals surface area contributed by atoms with Gasteiger partial charge in [-0.3, -0.25) is 4.90 Å². The zero-order valence-corrected chi connectivity index (χ0v) is 16.1. The Labute approximate surface area is 167 Å². The van der Waals surface area contributed by atoms with Crippen LogP contribution in [0.2, 0.25) is 0 Å². The van der Waals surface area contributed by atoms with Crippen LogP contribution in [0, 0.1) is 0 Å². The Morgan fingerprint density at radius 3 is 2.62 bits per heavy atom. The van der Waals surface area contributed by atoms with Gasteiger partial charge in [-0.15, -0.1) is 0 Å². The molecule has 2 amide bonds. The summed E-state index contributed by atoms with van der Waals surface area (Å²) in [4.78, 5) is 22.8. The highest BCUT2D eigenvalue weighted by atomic mass is 16.5. The number of rotatable bonds is 4. The minimum absolute atomic E-state index is 0.0947. The first-order chi connectivity index (χ1) is 14.2. The number of urea groups is 1. The van der Waals surface area contributed by atoms with Crippen LogP contribution in [0.1, 0.15) is 36.5 Å². The molecule has 1 aliphatic heterocycles. The maximum atomic E-state index is 12.8. The summed E-state index contributed by atoms with van der Waals surface area (Å²) in [5.41, 5.74) is 1.55. The van der Waals surface area contributed by atoms with Crippen molar-refractivity contribution < 1.29 is 9.32 Å². The van der Waals surface area contributed by atoms with Gasteiger partial charge in [0.25, 0.3) is 0 Å². The minimum Gasteiger partial charge on any atom is -0.338 e. The van der Waals surface area contributed by atoms with Crippen molar-refractivity contribution in [3.63, 3.8) is 0 Å². The number of hydrogen-bond donors (Lipinski definition) is 1. The van der Waals surface area contributed by atoms with E-state index in [1.165, 1.54) is 4.80 Å². The molecule has 1 unspecified atom stereocenters. The predicted molar refractivity (Wildman–Crippen MR) is 104 cm³/mol. The Balaban J connectivity index is 1.24. The first-order valence-electron chi connectivity index (χ1n) is 9.74. The first kappa shape index (κ1) is 17.8. The number of carbonyl (C=O) groups excluding carboxylic acids is 1. The molecule has 2 aromatic heterocycles. The van der Waals surface area contributed by atoms with Crippen molar-refractivity contribution in [1.82, 2.24) is 34.9 Å². The third-order valence-electron chi connectivity index (χ3n) is 5.39. The summed E-state index contributed by atoms with van der Waals surface area (Å²) >= 11 is 0. The van der Waals surface area contributed by atoms with Crippen LogP contribution in [0.5, 0.6) is 0 Å². The van der Waals surface area contributed by atoms with E-state index in [4.69, 9.17) is 4.52 Å². The number of carbonyl (C=O) groups is 1. The molecule has 1 aromatic carbocycles. The van der Waals surface area contributed by atoms with E-state index in [-0.39, 0.29) is 12.1 Å². The van der Waals surface area contributed by atoms with E-state index in [1.807, 2.05) is 31.3 Å². The molecule has 10 heteroatoms. The lowest BCUT2D eigenvalue weighted by molar-refractivity contribution is 0.0960. The Kier molecular flexibility index (Phi) is 4.47. The van der Waals surface area contributed by atoms with Gasteiger partial charge < -0.3 is 14.7 Å². The molecule has 0 radical (unpaired) electrons.